The van der Waals surface area contributed by atoms with Gasteiger partial charge in [-0.05, 0) is 42.9 Å². The molecule has 0 unspecified atom stereocenters. The van der Waals surface area contributed by atoms with Crippen molar-refractivity contribution in [2.75, 3.05) is 7.11 Å². The van der Waals surface area contributed by atoms with Gasteiger partial charge in [0.25, 0.3) is 0 Å². The summed E-state index contributed by atoms with van der Waals surface area (Å²) in [5.41, 5.74) is 3.12. The van der Waals surface area contributed by atoms with Crippen LogP contribution in [-0.2, 0) is 4.79 Å². The van der Waals surface area contributed by atoms with Gasteiger partial charge in [-0.3, -0.25) is 9.79 Å². The minimum atomic E-state index is 0.215. The maximum atomic E-state index is 12.7. The number of ether oxygens (including phenoxy) is 1. The molecule has 0 saturated heterocycles. The summed E-state index contributed by atoms with van der Waals surface area (Å²) in [7, 11) is 1.67. The average molecular weight is 324 g/mol. The van der Waals surface area contributed by atoms with E-state index in [1.807, 2.05) is 18.3 Å². The molecule has 1 heterocycles. The molecule has 1 aromatic rings. The van der Waals surface area contributed by atoms with Crippen molar-refractivity contribution < 1.29 is 9.53 Å². The van der Waals surface area contributed by atoms with Gasteiger partial charge in [0.15, 0.2) is 5.78 Å². The van der Waals surface area contributed by atoms with Crippen molar-refractivity contribution in [3.8, 4) is 5.75 Å². The van der Waals surface area contributed by atoms with E-state index >= 15 is 0 Å². The Bertz CT molecular complexity index is 690. The summed E-state index contributed by atoms with van der Waals surface area (Å²) in [5.74, 6) is 1.31. The van der Waals surface area contributed by atoms with Gasteiger partial charge in [-0.2, -0.15) is 0 Å². The zero-order valence-electron chi connectivity index (χ0n) is 14.1. The highest BCUT2D eigenvalue weighted by Gasteiger charge is 2.33. The first-order valence-electron chi connectivity index (χ1n) is 8.94. The van der Waals surface area contributed by atoms with E-state index in [0.29, 0.717) is 18.5 Å². The number of aliphatic imine (C=N–C) groups is 1. The number of hydrogen-bond donors (Lipinski definition) is 1. The van der Waals surface area contributed by atoms with Crippen LogP contribution in [0.4, 0.5) is 0 Å². The van der Waals surface area contributed by atoms with Gasteiger partial charge in [0.05, 0.1) is 18.7 Å². The van der Waals surface area contributed by atoms with Gasteiger partial charge in [0, 0.05) is 24.4 Å². The molecule has 1 saturated carbocycles. The van der Waals surface area contributed by atoms with Gasteiger partial charge in [0.1, 0.15) is 5.75 Å². The van der Waals surface area contributed by atoms with E-state index < -0.39 is 0 Å². The predicted molar refractivity (Wildman–Crippen MR) is 94.7 cm³/mol. The van der Waals surface area contributed by atoms with Crippen LogP contribution in [0.25, 0.3) is 0 Å². The van der Waals surface area contributed by atoms with Crippen LogP contribution in [-0.4, -0.2) is 31.2 Å². The van der Waals surface area contributed by atoms with Gasteiger partial charge in [0.2, 0.25) is 0 Å². The number of benzene rings is 1. The van der Waals surface area contributed by atoms with Crippen LogP contribution in [0.3, 0.4) is 0 Å². The van der Waals surface area contributed by atoms with Gasteiger partial charge in [-0.1, -0.05) is 25.0 Å². The monoisotopic (exact) mass is 324 g/mol. The first-order chi connectivity index (χ1) is 11.7. The molecular weight excluding hydrogens is 300 g/mol. The molecule has 24 heavy (non-hydrogen) atoms. The number of hydrogen-bond acceptors (Lipinski definition) is 4. The normalized spacial score (nSPS) is 29.4. The lowest BCUT2D eigenvalue weighted by Crippen LogP contribution is -2.41. The van der Waals surface area contributed by atoms with Crippen LogP contribution in [0.2, 0.25) is 0 Å². The van der Waals surface area contributed by atoms with Crippen LogP contribution in [0.15, 0.2) is 40.5 Å². The largest absolute Gasteiger partial charge is 0.497 e. The molecule has 3 atom stereocenters. The zero-order chi connectivity index (χ0) is 16.5. The Morgan fingerprint density at radius 3 is 2.71 bits per heavy atom. The molecule has 3 aliphatic rings. The molecule has 1 N–H and O–H groups in total. The molecule has 1 aliphatic heterocycles. The second-order valence-electron chi connectivity index (χ2n) is 7.07. The number of nitrogens with one attached hydrogen (secondary N) is 1. The summed E-state index contributed by atoms with van der Waals surface area (Å²) in [5, 5.41) is 3.68. The number of methoxy groups -OCH3 is 1. The number of carbonyl (C=O) groups excluding carboxylic acids is 1. The summed E-state index contributed by atoms with van der Waals surface area (Å²) in [6, 6.07) is 8.83. The van der Waals surface area contributed by atoms with E-state index in [2.05, 4.69) is 17.4 Å². The first kappa shape index (κ1) is 15.4. The number of nitrogens with zero attached hydrogens (tertiary/aromatic N) is 1. The number of rotatable bonds is 2. The maximum Gasteiger partial charge on any atom is 0.166 e. The predicted octanol–water partition coefficient (Wildman–Crippen LogP) is 3.38. The molecule has 0 radical (unpaired) electrons. The van der Waals surface area contributed by atoms with E-state index in [1.54, 1.807) is 7.11 Å². The van der Waals surface area contributed by atoms with Crippen molar-refractivity contribution in [1.29, 1.82) is 0 Å². The Labute approximate surface area is 143 Å². The lowest BCUT2D eigenvalue weighted by Gasteiger charge is -2.32. The molecule has 4 heteroatoms. The number of allylic oxidation sites excluding steroid dienone is 2. The Morgan fingerprint density at radius 1 is 1.12 bits per heavy atom. The highest BCUT2D eigenvalue weighted by atomic mass is 16.5. The Balaban J connectivity index is 1.58. The molecule has 2 aliphatic carbocycles. The Kier molecular flexibility index (Phi) is 4.13. The van der Waals surface area contributed by atoms with E-state index in [1.165, 1.54) is 18.4 Å². The topological polar surface area (TPSA) is 50.7 Å². The van der Waals surface area contributed by atoms with E-state index in [0.717, 1.165) is 36.3 Å². The minimum absolute atomic E-state index is 0.215. The zero-order valence-corrected chi connectivity index (χ0v) is 14.1. The first-order valence-corrected chi connectivity index (χ1v) is 8.94. The van der Waals surface area contributed by atoms with E-state index in [9.17, 15) is 4.79 Å². The summed E-state index contributed by atoms with van der Waals surface area (Å²) < 4.78 is 5.23. The van der Waals surface area contributed by atoms with Crippen LogP contribution in [0.5, 0.6) is 5.75 Å². The molecular formula is C20H24N2O2. The number of carbonyl (C=O) groups is 1. The van der Waals surface area contributed by atoms with Crippen molar-refractivity contribution in [2.24, 2.45) is 4.99 Å². The van der Waals surface area contributed by atoms with E-state index in [4.69, 9.17) is 9.73 Å². The van der Waals surface area contributed by atoms with Crippen LogP contribution < -0.4 is 10.1 Å². The molecule has 4 nitrogen and oxygen atoms in total. The third-order valence-electron chi connectivity index (χ3n) is 5.58. The van der Waals surface area contributed by atoms with Gasteiger partial charge in [-0.25, -0.2) is 0 Å². The van der Waals surface area contributed by atoms with E-state index in [-0.39, 0.29) is 11.7 Å². The average Bonchev–Trinajstić information content (AvgIpc) is 2.81. The van der Waals surface area contributed by atoms with Crippen molar-refractivity contribution in [2.45, 2.75) is 56.5 Å². The second-order valence-corrected chi connectivity index (χ2v) is 7.07. The fourth-order valence-corrected chi connectivity index (χ4v) is 4.18. The van der Waals surface area contributed by atoms with Crippen LogP contribution >= 0.6 is 0 Å². The SMILES string of the molecule is COc1ccc([C@@H]2CC(=O)C3=C(C2)N[C@H]2CCCC[C@H]2N=C3)cc1. The number of fused-ring (bicyclic) bond motifs is 1. The molecule has 0 aromatic heterocycles. The number of ketones is 1. The Hall–Kier alpha value is -2.10. The molecule has 0 bridgehead atoms. The summed E-state index contributed by atoms with van der Waals surface area (Å²) in [4.78, 5) is 17.4. The van der Waals surface area contributed by atoms with Gasteiger partial charge < -0.3 is 10.1 Å². The van der Waals surface area contributed by atoms with Crippen molar-refractivity contribution in [3.63, 3.8) is 0 Å². The third kappa shape index (κ3) is 2.85. The lowest BCUT2D eigenvalue weighted by molar-refractivity contribution is -0.115. The highest BCUT2D eigenvalue weighted by molar-refractivity contribution is 6.15. The fraction of sp³-hybridized carbons (Fsp3) is 0.500. The summed E-state index contributed by atoms with van der Waals surface area (Å²) in [6.07, 6.45) is 8.09. The van der Waals surface area contributed by atoms with Crippen LogP contribution in [0.1, 0.15) is 50.0 Å². The van der Waals surface area contributed by atoms with Gasteiger partial charge in [-0.15, -0.1) is 0 Å². The highest BCUT2D eigenvalue weighted by Crippen LogP contribution is 2.36. The van der Waals surface area contributed by atoms with Crippen molar-refractivity contribution in [1.82, 2.24) is 5.32 Å². The number of Topliss-reactive ketones (excluding diaryl/α,β-unsaturated/α-hetero) is 1. The molecule has 0 spiro atoms. The molecule has 126 valence electrons. The van der Waals surface area contributed by atoms with Crippen molar-refractivity contribution in [3.05, 3.63) is 41.1 Å². The molecule has 1 fully saturated rings. The molecule has 4 rings (SSSR count). The van der Waals surface area contributed by atoms with Crippen molar-refractivity contribution >= 4 is 12.0 Å². The molecule has 0 amide bonds. The lowest BCUT2D eigenvalue weighted by atomic mass is 9.81. The summed E-state index contributed by atoms with van der Waals surface area (Å²) in [6.45, 7) is 0. The maximum absolute atomic E-state index is 12.7. The minimum Gasteiger partial charge on any atom is -0.497 e. The second kappa shape index (κ2) is 6.42. The standard InChI is InChI=1S/C20H24N2O2/c1-24-15-8-6-13(7-9-15)14-10-19-16(20(23)11-14)12-21-17-4-2-3-5-18(17)22-19/h6-9,12,14,17-18,22H,2-5,10-11H2,1H3/t14-,17+,18-/m0/s1. The third-order valence-corrected chi connectivity index (χ3v) is 5.58. The quantitative estimate of drug-likeness (QED) is 0.907. The van der Waals surface area contributed by atoms with Gasteiger partial charge >= 0.3 is 0 Å². The fourth-order valence-electron chi connectivity index (χ4n) is 4.18. The molecule has 1 aromatic carbocycles. The van der Waals surface area contributed by atoms with Crippen LogP contribution in [0, 0.1) is 0 Å². The summed E-state index contributed by atoms with van der Waals surface area (Å²) >= 11 is 0. The smallest absolute Gasteiger partial charge is 0.166 e. The Morgan fingerprint density at radius 2 is 1.92 bits per heavy atom.